The van der Waals surface area contributed by atoms with Gasteiger partial charge in [0.15, 0.2) is 5.82 Å². The molecule has 4 aromatic rings. The number of anilines is 1. The minimum atomic E-state index is -0.495. The molecule has 8 heteroatoms. The molecule has 0 saturated carbocycles. The van der Waals surface area contributed by atoms with Gasteiger partial charge < -0.3 is 5.32 Å². The second kappa shape index (κ2) is 8.49. The van der Waals surface area contributed by atoms with Gasteiger partial charge in [0.25, 0.3) is 5.91 Å². The van der Waals surface area contributed by atoms with Crippen molar-refractivity contribution in [2.24, 2.45) is 0 Å². The molecular weight excluding hydrogens is 438 g/mol. The van der Waals surface area contributed by atoms with Gasteiger partial charge in [0.05, 0.1) is 5.69 Å². The summed E-state index contributed by atoms with van der Waals surface area (Å²) < 4.78 is 14.9. The minimum absolute atomic E-state index is 0.0459. The molecule has 5 nitrogen and oxygen atoms in total. The van der Waals surface area contributed by atoms with E-state index in [2.05, 4.69) is 15.4 Å². The van der Waals surface area contributed by atoms with Crippen molar-refractivity contribution >= 4 is 34.8 Å². The van der Waals surface area contributed by atoms with E-state index in [0.717, 1.165) is 11.1 Å². The lowest BCUT2D eigenvalue weighted by Crippen LogP contribution is -2.15. The molecule has 1 N–H and O–H groups in total. The third-order valence-corrected chi connectivity index (χ3v) is 5.40. The maximum atomic E-state index is 13.4. The molecule has 0 bridgehead atoms. The standard InChI is InChI=1S/C23H17Cl2FN4O/c1-13-4-10-18(12-19(13)25)30-22(15-5-8-17(26)9-6-15)28-21(29-30)23(31)27-20-11-16(24)7-3-14(20)2/h3-12H,1-2H3,(H,27,31). The number of nitrogens with one attached hydrogen (secondary N) is 1. The van der Waals surface area contributed by atoms with Crippen LogP contribution in [0, 0.1) is 19.7 Å². The van der Waals surface area contributed by atoms with Crippen LogP contribution in [0.1, 0.15) is 21.7 Å². The molecule has 0 aliphatic heterocycles. The normalized spacial score (nSPS) is 10.9. The van der Waals surface area contributed by atoms with Crippen LogP contribution in [-0.2, 0) is 0 Å². The number of hydrogen-bond donors (Lipinski definition) is 1. The lowest BCUT2D eigenvalue weighted by molar-refractivity contribution is 0.101. The highest BCUT2D eigenvalue weighted by atomic mass is 35.5. The molecule has 0 aliphatic carbocycles. The molecule has 0 atom stereocenters. The van der Waals surface area contributed by atoms with Crippen molar-refractivity contribution in [3.63, 3.8) is 0 Å². The summed E-state index contributed by atoms with van der Waals surface area (Å²) in [4.78, 5) is 17.3. The molecule has 3 aromatic carbocycles. The topological polar surface area (TPSA) is 59.8 Å². The maximum Gasteiger partial charge on any atom is 0.295 e. The summed E-state index contributed by atoms with van der Waals surface area (Å²) in [5, 5.41) is 8.25. The molecule has 1 aromatic heterocycles. The molecule has 156 valence electrons. The fraction of sp³-hybridized carbons (Fsp3) is 0.0870. The van der Waals surface area contributed by atoms with E-state index in [0.29, 0.717) is 32.8 Å². The SMILES string of the molecule is Cc1ccc(-n2nc(C(=O)Nc3cc(Cl)ccc3C)nc2-c2ccc(F)cc2)cc1Cl. The molecular formula is C23H17Cl2FN4O. The average molecular weight is 455 g/mol. The Labute approximate surface area is 188 Å². The Morgan fingerprint density at radius 3 is 2.39 bits per heavy atom. The molecule has 0 spiro atoms. The Hall–Kier alpha value is -3.22. The van der Waals surface area contributed by atoms with Gasteiger partial charge in [-0.05, 0) is 73.5 Å². The zero-order valence-corrected chi connectivity index (χ0v) is 18.2. The number of aromatic nitrogens is 3. The van der Waals surface area contributed by atoms with Gasteiger partial charge >= 0.3 is 0 Å². The van der Waals surface area contributed by atoms with Gasteiger partial charge in [0.1, 0.15) is 5.82 Å². The van der Waals surface area contributed by atoms with E-state index >= 15 is 0 Å². The highest BCUT2D eigenvalue weighted by Crippen LogP contribution is 2.26. The number of nitrogens with zero attached hydrogens (tertiary/aromatic N) is 3. The summed E-state index contributed by atoms with van der Waals surface area (Å²) in [5.74, 6) is -0.531. The van der Waals surface area contributed by atoms with Gasteiger partial charge in [-0.25, -0.2) is 14.1 Å². The van der Waals surface area contributed by atoms with E-state index in [-0.39, 0.29) is 11.6 Å². The number of carbonyl (C=O) groups is 1. The van der Waals surface area contributed by atoms with Crippen molar-refractivity contribution < 1.29 is 9.18 Å². The molecule has 31 heavy (non-hydrogen) atoms. The number of benzene rings is 3. The fourth-order valence-electron chi connectivity index (χ4n) is 2.99. The highest BCUT2D eigenvalue weighted by Gasteiger charge is 2.20. The van der Waals surface area contributed by atoms with Crippen LogP contribution in [0.5, 0.6) is 0 Å². The summed E-state index contributed by atoms with van der Waals surface area (Å²) in [7, 11) is 0. The molecule has 0 unspecified atom stereocenters. The van der Waals surface area contributed by atoms with Gasteiger partial charge in [-0.1, -0.05) is 35.3 Å². The quantitative estimate of drug-likeness (QED) is 0.396. The van der Waals surface area contributed by atoms with Crippen molar-refractivity contribution in [1.82, 2.24) is 14.8 Å². The van der Waals surface area contributed by atoms with Crippen LogP contribution in [0.4, 0.5) is 10.1 Å². The van der Waals surface area contributed by atoms with Gasteiger partial charge in [0.2, 0.25) is 5.82 Å². The van der Waals surface area contributed by atoms with Crippen molar-refractivity contribution in [3.05, 3.63) is 93.5 Å². The summed E-state index contributed by atoms with van der Waals surface area (Å²) in [6.45, 7) is 3.75. The lowest BCUT2D eigenvalue weighted by Gasteiger charge is -2.08. The van der Waals surface area contributed by atoms with Crippen LogP contribution in [0.3, 0.4) is 0 Å². The van der Waals surface area contributed by atoms with Crippen molar-refractivity contribution in [2.75, 3.05) is 5.32 Å². The molecule has 1 heterocycles. The van der Waals surface area contributed by atoms with E-state index in [1.807, 2.05) is 32.0 Å². The first-order chi connectivity index (χ1) is 14.8. The van der Waals surface area contributed by atoms with E-state index in [9.17, 15) is 9.18 Å². The zero-order valence-electron chi connectivity index (χ0n) is 16.7. The lowest BCUT2D eigenvalue weighted by atomic mass is 10.2. The Kier molecular flexibility index (Phi) is 5.76. The van der Waals surface area contributed by atoms with Crippen molar-refractivity contribution in [3.8, 4) is 17.1 Å². The first-order valence-electron chi connectivity index (χ1n) is 9.39. The first kappa shape index (κ1) is 21.0. The second-order valence-corrected chi connectivity index (χ2v) is 7.87. The number of carbonyl (C=O) groups excluding carboxylic acids is 1. The third-order valence-electron chi connectivity index (χ3n) is 4.76. The number of rotatable bonds is 4. The van der Waals surface area contributed by atoms with E-state index in [1.165, 1.54) is 16.8 Å². The van der Waals surface area contributed by atoms with Crippen LogP contribution < -0.4 is 5.32 Å². The smallest absolute Gasteiger partial charge is 0.295 e. The fourth-order valence-corrected chi connectivity index (χ4v) is 3.34. The second-order valence-electron chi connectivity index (χ2n) is 7.02. The molecule has 0 fully saturated rings. The van der Waals surface area contributed by atoms with Crippen LogP contribution in [0.15, 0.2) is 60.7 Å². The number of hydrogen-bond acceptors (Lipinski definition) is 3. The molecule has 1 amide bonds. The van der Waals surface area contributed by atoms with Crippen molar-refractivity contribution in [2.45, 2.75) is 13.8 Å². The summed E-state index contributed by atoms with van der Waals surface area (Å²) in [6, 6.07) is 16.4. The monoisotopic (exact) mass is 454 g/mol. The van der Waals surface area contributed by atoms with E-state index < -0.39 is 5.91 Å². The zero-order chi connectivity index (χ0) is 22.1. The summed E-state index contributed by atoms with van der Waals surface area (Å²) >= 11 is 12.3. The van der Waals surface area contributed by atoms with Crippen LogP contribution >= 0.6 is 23.2 Å². The van der Waals surface area contributed by atoms with E-state index in [4.69, 9.17) is 23.2 Å². The van der Waals surface area contributed by atoms with Gasteiger partial charge in [0, 0.05) is 21.3 Å². The minimum Gasteiger partial charge on any atom is -0.319 e. The Morgan fingerprint density at radius 2 is 1.68 bits per heavy atom. The average Bonchev–Trinajstić information content (AvgIpc) is 3.19. The number of amides is 1. The summed E-state index contributed by atoms with van der Waals surface area (Å²) in [5.41, 5.74) is 3.55. The van der Waals surface area contributed by atoms with Gasteiger partial charge in [-0.15, -0.1) is 5.10 Å². The van der Waals surface area contributed by atoms with Crippen LogP contribution in [-0.4, -0.2) is 20.7 Å². The predicted octanol–water partition coefficient (Wildman–Crippen LogP) is 6.25. The van der Waals surface area contributed by atoms with Crippen LogP contribution in [0.2, 0.25) is 10.0 Å². The highest BCUT2D eigenvalue weighted by molar-refractivity contribution is 6.31. The Morgan fingerprint density at radius 1 is 0.968 bits per heavy atom. The number of aryl methyl sites for hydroxylation is 2. The summed E-state index contributed by atoms with van der Waals surface area (Å²) in [6.07, 6.45) is 0. The first-order valence-corrected chi connectivity index (χ1v) is 10.1. The van der Waals surface area contributed by atoms with Gasteiger partial charge in [-0.3, -0.25) is 4.79 Å². The largest absolute Gasteiger partial charge is 0.319 e. The van der Waals surface area contributed by atoms with Gasteiger partial charge in [-0.2, -0.15) is 0 Å². The molecule has 0 aliphatic rings. The maximum absolute atomic E-state index is 13.4. The predicted molar refractivity (Wildman–Crippen MR) is 121 cm³/mol. The van der Waals surface area contributed by atoms with Crippen LogP contribution in [0.25, 0.3) is 17.1 Å². The Balaban J connectivity index is 1.78. The molecule has 4 rings (SSSR count). The number of halogens is 3. The molecule has 0 saturated heterocycles. The van der Waals surface area contributed by atoms with Crippen molar-refractivity contribution in [1.29, 1.82) is 0 Å². The Bertz CT molecular complexity index is 1290. The van der Waals surface area contributed by atoms with E-state index in [1.54, 1.807) is 30.3 Å². The molecule has 0 radical (unpaired) electrons. The third kappa shape index (κ3) is 4.45.